The van der Waals surface area contributed by atoms with Crippen LogP contribution in [0.15, 0.2) is 53.4 Å². The van der Waals surface area contributed by atoms with Crippen molar-refractivity contribution in [1.82, 2.24) is 4.72 Å². The minimum absolute atomic E-state index is 0.109. The predicted octanol–water partition coefficient (Wildman–Crippen LogP) is 1.59. The second-order valence-electron chi connectivity index (χ2n) is 5.33. The number of phenolic OH excluding ortho intramolecular Hbond substituents is 1. The van der Waals surface area contributed by atoms with Gasteiger partial charge in [-0.25, -0.2) is 13.1 Å². The summed E-state index contributed by atoms with van der Waals surface area (Å²) in [4.78, 5) is 0.125. The first-order valence-electron chi connectivity index (χ1n) is 7.02. The number of sulfonamides is 1. The zero-order valence-corrected chi connectivity index (χ0v) is 13.5. The molecule has 0 amide bonds. The molecular weight excluding hydrogens is 314 g/mol. The fraction of sp³-hybridized carbons (Fsp3) is 0.188. The van der Waals surface area contributed by atoms with E-state index in [-0.39, 0.29) is 22.5 Å². The number of phenols is 1. The third-order valence-electron chi connectivity index (χ3n) is 3.31. The monoisotopic (exact) mass is 333 g/mol. The van der Waals surface area contributed by atoms with Gasteiger partial charge in [0, 0.05) is 11.6 Å². The van der Waals surface area contributed by atoms with Crippen LogP contribution >= 0.6 is 0 Å². The fourth-order valence-electron chi connectivity index (χ4n) is 2.17. The molecule has 0 saturated heterocycles. The van der Waals surface area contributed by atoms with Gasteiger partial charge in [-0.15, -0.1) is 0 Å². The molecule has 0 unspecified atom stereocenters. The topological polar surface area (TPSA) is 116 Å². The summed E-state index contributed by atoms with van der Waals surface area (Å²) in [5.41, 5.74) is 6.75. The van der Waals surface area contributed by atoms with Crippen LogP contribution < -0.4 is 10.5 Å². The summed E-state index contributed by atoms with van der Waals surface area (Å²) in [6, 6.07) is 12.2. The van der Waals surface area contributed by atoms with E-state index in [2.05, 4.69) is 4.72 Å². The lowest BCUT2D eigenvalue weighted by molar-refractivity contribution is 0.475. The van der Waals surface area contributed by atoms with E-state index in [1.54, 1.807) is 31.2 Å². The molecule has 0 aliphatic rings. The molecule has 2 rings (SSSR count). The van der Waals surface area contributed by atoms with Crippen molar-refractivity contribution in [2.75, 3.05) is 0 Å². The summed E-state index contributed by atoms with van der Waals surface area (Å²) >= 11 is 0. The lowest BCUT2D eigenvalue weighted by Crippen LogP contribution is -2.34. The average Bonchev–Trinajstić information content (AvgIpc) is 2.49. The Kier molecular flexibility index (Phi) is 5.02. The van der Waals surface area contributed by atoms with Crippen LogP contribution in [0.5, 0.6) is 5.75 Å². The maximum atomic E-state index is 12.3. The molecule has 6 nitrogen and oxygen atoms in total. The quantitative estimate of drug-likeness (QED) is 0.474. The Balaban J connectivity index is 2.07. The number of nitrogens with two attached hydrogens (primary N) is 1. The molecule has 0 spiro atoms. The normalized spacial score (nSPS) is 12.7. The number of amidine groups is 1. The van der Waals surface area contributed by atoms with Crippen molar-refractivity contribution in [2.24, 2.45) is 5.73 Å². The number of aromatic hydroxyl groups is 1. The molecule has 2 aromatic carbocycles. The highest BCUT2D eigenvalue weighted by Crippen LogP contribution is 2.14. The number of hydrogen-bond acceptors (Lipinski definition) is 4. The summed E-state index contributed by atoms with van der Waals surface area (Å²) in [5, 5.41) is 16.6. The van der Waals surface area contributed by atoms with Crippen LogP contribution in [0.1, 0.15) is 18.1 Å². The molecule has 2 aromatic rings. The lowest BCUT2D eigenvalue weighted by Gasteiger charge is -2.14. The van der Waals surface area contributed by atoms with Crippen LogP contribution in [-0.4, -0.2) is 25.4 Å². The standard InChI is InChI=1S/C16H19N3O3S/c1-11(10-12-2-6-14(20)7-3-12)19-23(21,22)15-8-4-13(5-9-15)16(17)18/h2-9,11,19-20H,10H2,1H3,(H3,17,18)/t11-/m0/s1. The van der Waals surface area contributed by atoms with Crippen LogP contribution in [-0.2, 0) is 16.4 Å². The first-order chi connectivity index (χ1) is 10.8. The average molecular weight is 333 g/mol. The van der Waals surface area contributed by atoms with E-state index in [4.69, 9.17) is 11.1 Å². The number of benzene rings is 2. The molecule has 0 heterocycles. The molecule has 0 aromatic heterocycles. The molecule has 0 saturated carbocycles. The number of nitrogens with one attached hydrogen (secondary N) is 2. The Hall–Kier alpha value is -2.38. The molecule has 23 heavy (non-hydrogen) atoms. The second kappa shape index (κ2) is 6.80. The molecule has 122 valence electrons. The van der Waals surface area contributed by atoms with Gasteiger partial charge in [0.25, 0.3) is 0 Å². The van der Waals surface area contributed by atoms with Gasteiger partial charge >= 0.3 is 0 Å². The predicted molar refractivity (Wildman–Crippen MR) is 89.1 cm³/mol. The fourth-order valence-corrected chi connectivity index (χ4v) is 3.42. The molecule has 0 aliphatic carbocycles. The third kappa shape index (κ3) is 4.54. The largest absolute Gasteiger partial charge is 0.508 e. The summed E-state index contributed by atoms with van der Waals surface area (Å²) in [7, 11) is -3.64. The summed E-state index contributed by atoms with van der Waals surface area (Å²) < 4.78 is 27.3. The Morgan fingerprint density at radius 1 is 1.17 bits per heavy atom. The van der Waals surface area contributed by atoms with Crippen molar-refractivity contribution in [1.29, 1.82) is 5.41 Å². The third-order valence-corrected chi connectivity index (χ3v) is 4.92. The van der Waals surface area contributed by atoms with Crippen molar-refractivity contribution in [3.63, 3.8) is 0 Å². The van der Waals surface area contributed by atoms with Crippen LogP contribution in [0, 0.1) is 5.41 Å². The minimum Gasteiger partial charge on any atom is -0.508 e. The smallest absolute Gasteiger partial charge is 0.240 e. The molecular formula is C16H19N3O3S. The SMILES string of the molecule is C[C@@H](Cc1ccc(O)cc1)NS(=O)(=O)c1ccc(C(=N)N)cc1. The Morgan fingerprint density at radius 2 is 1.74 bits per heavy atom. The number of hydrogen-bond donors (Lipinski definition) is 4. The molecule has 1 atom stereocenters. The van der Waals surface area contributed by atoms with Gasteiger partial charge < -0.3 is 10.8 Å². The maximum absolute atomic E-state index is 12.3. The highest BCUT2D eigenvalue weighted by atomic mass is 32.2. The maximum Gasteiger partial charge on any atom is 0.240 e. The van der Waals surface area contributed by atoms with Gasteiger partial charge in [0.1, 0.15) is 11.6 Å². The molecule has 0 fully saturated rings. The first kappa shape index (κ1) is 17.0. The van der Waals surface area contributed by atoms with Gasteiger partial charge in [0.15, 0.2) is 0 Å². The molecule has 0 aliphatic heterocycles. The first-order valence-corrected chi connectivity index (χ1v) is 8.51. The van der Waals surface area contributed by atoms with E-state index in [1.165, 1.54) is 24.3 Å². The zero-order chi connectivity index (χ0) is 17.0. The molecule has 7 heteroatoms. The van der Waals surface area contributed by atoms with Crippen molar-refractivity contribution < 1.29 is 13.5 Å². The van der Waals surface area contributed by atoms with E-state index in [0.717, 1.165) is 5.56 Å². The van der Waals surface area contributed by atoms with Crippen molar-refractivity contribution in [2.45, 2.75) is 24.3 Å². The highest BCUT2D eigenvalue weighted by Gasteiger charge is 2.17. The zero-order valence-electron chi connectivity index (χ0n) is 12.7. The van der Waals surface area contributed by atoms with E-state index in [0.29, 0.717) is 12.0 Å². The van der Waals surface area contributed by atoms with Gasteiger partial charge in [-0.05, 0) is 55.3 Å². The van der Waals surface area contributed by atoms with Gasteiger partial charge in [-0.1, -0.05) is 12.1 Å². The van der Waals surface area contributed by atoms with Crippen LogP contribution in [0.2, 0.25) is 0 Å². The molecule has 5 N–H and O–H groups in total. The second-order valence-corrected chi connectivity index (χ2v) is 7.04. The minimum atomic E-state index is -3.64. The van der Waals surface area contributed by atoms with Crippen molar-refractivity contribution >= 4 is 15.9 Å². The Morgan fingerprint density at radius 3 is 2.26 bits per heavy atom. The highest BCUT2D eigenvalue weighted by molar-refractivity contribution is 7.89. The number of rotatable bonds is 6. The van der Waals surface area contributed by atoms with Crippen LogP contribution in [0.25, 0.3) is 0 Å². The Labute approximate surface area is 135 Å². The van der Waals surface area contributed by atoms with E-state index in [9.17, 15) is 13.5 Å². The van der Waals surface area contributed by atoms with Gasteiger partial charge in [0.05, 0.1) is 4.90 Å². The van der Waals surface area contributed by atoms with E-state index in [1.807, 2.05) is 0 Å². The number of nitrogen functional groups attached to an aromatic ring is 1. The Bertz CT molecular complexity index is 784. The molecule has 0 radical (unpaired) electrons. The van der Waals surface area contributed by atoms with Crippen molar-refractivity contribution in [3.8, 4) is 5.75 Å². The summed E-state index contributed by atoms with van der Waals surface area (Å²) in [6.07, 6.45) is 0.505. The van der Waals surface area contributed by atoms with Gasteiger partial charge in [-0.2, -0.15) is 0 Å². The van der Waals surface area contributed by atoms with Crippen LogP contribution in [0.4, 0.5) is 0 Å². The van der Waals surface area contributed by atoms with Crippen LogP contribution in [0.3, 0.4) is 0 Å². The van der Waals surface area contributed by atoms with E-state index < -0.39 is 10.0 Å². The van der Waals surface area contributed by atoms with Crippen molar-refractivity contribution in [3.05, 3.63) is 59.7 Å². The lowest BCUT2D eigenvalue weighted by atomic mass is 10.1. The van der Waals surface area contributed by atoms with Gasteiger partial charge in [-0.3, -0.25) is 5.41 Å². The molecule has 0 bridgehead atoms. The van der Waals surface area contributed by atoms with E-state index >= 15 is 0 Å². The summed E-state index contributed by atoms with van der Waals surface area (Å²) in [6.45, 7) is 1.77. The van der Waals surface area contributed by atoms with Gasteiger partial charge in [0.2, 0.25) is 10.0 Å². The summed E-state index contributed by atoms with van der Waals surface area (Å²) in [5.74, 6) is 0.0650.